The molecule has 2 aromatic carbocycles. The fourth-order valence-corrected chi connectivity index (χ4v) is 7.62. The highest BCUT2D eigenvalue weighted by molar-refractivity contribution is 5.79. The van der Waals surface area contributed by atoms with Crippen molar-refractivity contribution in [3.8, 4) is 28.7 Å². The highest BCUT2D eigenvalue weighted by Gasteiger charge is 2.58. The van der Waals surface area contributed by atoms with Crippen LogP contribution < -0.4 is 23.7 Å². The maximum Gasteiger partial charge on any atom is 0.310 e. The van der Waals surface area contributed by atoms with E-state index in [0.717, 1.165) is 0 Å². The van der Waals surface area contributed by atoms with Crippen molar-refractivity contribution >= 4 is 29.8 Å². The Bertz CT molecular complexity index is 1820. The largest absolute Gasteiger partial charge is 0.493 e. The van der Waals surface area contributed by atoms with Crippen molar-refractivity contribution in [3.63, 3.8) is 0 Å². The number of ether oxygens (including phenoxy) is 12. The minimum Gasteiger partial charge on any atom is -0.493 e. The number of methoxy groups -OCH3 is 3. The number of benzene rings is 2. The number of cyclic esters (lactones) is 1. The first-order chi connectivity index (χ1) is 27.5. The van der Waals surface area contributed by atoms with Crippen LogP contribution in [0.25, 0.3) is 0 Å². The van der Waals surface area contributed by atoms with E-state index in [9.17, 15) is 24.0 Å². The highest BCUT2D eigenvalue weighted by atomic mass is 16.7. The van der Waals surface area contributed by atoms with Gasteiger partial charge in [0.25, 0.3) is 0 Å². The third-order valence-corrected chi connectivity index (χ3v) is 10.4. The molecule has 0 spiro atoms. The van der Waals surface area contributed by atoms with E-state index in [-0.39, 0.29) is 39.1 Å². The Morgan fingerprint density at radius 2 is 1.25 bits per heavy atom. The van der Waals surface area contributed by atoms with Crippen molar-refractivity contribution in [2.45, 2.75) is 96.1 Å². The van der Waals surface area contributed by atoms with Crippen LogP contribution in [-0.4, -0.2) is 102 Å². The summed E-state index contributed by atoms with van der Waals surface area (Å²) >= 11 is 0. The minimum atomic E-state index is -1.53. The quantitative estimate of drug-likeness (QED) is 0.184. The lowest BCUT2D eigenvalue weighted by molar-refractivity contribution is -0.323. The average molecular weight is 801 g/mol. The summed E-state index contributed by atoms with van der Waals surface area (Å²) in [6.07, 6.45) is -8.29. The Morgan fingerprint density at radius 3 is 1.81 bits per heavy atom. The van der Waals surface area contributed by atoms with Gasteiger partial charge in [-0.1, -0.05) is 27.7 Å². The number of esters is 5. The third-order valence-electron chi connectivity index (χ3n) is 10.4. The first-order valence-electron chi connectivity index (χ1n) is 18.9. The molecule has 57 heavy (non-hydrogen) atoms. The van der Waals surface area contributed by atoms with E-state index in [1.807, 2.05) is 0 Å². The molecule has 17 nitrogen and oxygen atoms in total. The molecule has 2 aromatic rings. The summed E-state index contributed by atoms with van der Waals surface area (Å²) in [6, 6.07) is 7.06. The van der Waals surface area contributed by atoms with Crippen LogP contribution in [-0.2, 0) is 57.1 Å². The smallest absolute Gasteiger partial charge is 0.310 e. The summed E-state index contributed by atoms with van der Waals surface area (Å²) in [7, 11) is 4.47. The molecule has 17 heteroatoms. The van der Waals surface area contributed by atoms with Gasteiger partial charge >= 0.3 is 29.8 Å². The zero-order chi connectivity index (χ0) is 41.0. The maximum atomic E-state index is 13.9. The second kappa shape index (κ2) is 17.9. The molecule has 0 radical (unpaired) electrons. The molecule has 2 saturated heterocycles. The Labute approximate surface area is 329 Å². The van der Waals surface area contributed by atoms with Crippen molar-refractivity contribution in [1.82, 2.24) is 0 Å². The van der Waals surface area contributed by atoms with Gasteiger partial charge in [0.1, 0.15) is 12.7 Å². The summed E-state index contributed by atoms with van der Waals surface area (Å²) < 4.78 is 70.6. The molecule has 0 amide bonds. The number of carbonyl (C=O) groups excluding carboxylic acids is 5. The van der Waals surface area contributed by atoms with Crippen molar-refractivity contribution in [2.75, 3.05) is 41.3 Å². The van der Waals surface area contributed by atoms with E-state index in [1.54, 1.807) is 52.0 Å². The van der Waals surface area contributed by atoms with Crippen molar-refractivity contribution in [1.29, 1.82) is 0 Å². The zero-order valence-corrected chi connectivity index (χ0v) is 32.9. The van der Waals surface area contributed by atoms with Gasteiger partial charge in [-0.15, -0.1) is 0 Å². The van der Waals surface area contributed by atoms with Crippen LogP contribution >= 0.6 is 0 Å². The molecule has 1 aliphatic carbocycles. The molecule has 0 aromatic heterocycles. The third kappa shape index (κ3) is 8.26. The van der Waals surface area contributed by atoms with Gasteiger partial charge in [-0.25, -0.2) is 0 Å². The SMILES string of the molecule is CCC(=O)OCC1OC(OC2c3cc4c(cc3C(c3cc(OC)c(OC)c(OC)c3)C3C(=O)OCC23)OCO4)C(OC(=O)CC)C(OC(=O)CC)C1OC(=O)CC. The van der Waals surface area contributed by atoms with E-state index in [4.69, 9.17) is 56.8 Å². The van der Waals surface area contributed by atoms with Gasteiger partial charge in [0, 0.05) is 37.5 Å². The van der Waals surface area contributed by atoms with Crippen LogP contribution in [0, 0.1) is 11.8 Å². The highest BCUT2D eigenvalue weighted by Crippen LogP contribution is 2.57. The molecule has 3 aliphatic heterocycles. The molecule has 0 bridgehead atoms. The summed E-state index contributed by atoms with van der Waals surface area (Å²) in [5.74, 6) is -3.37. The second-order valence-electron chi connectivity index (χ2n) is 13.7. The molecular weight excluding hydrogens is 752 g/mol. The lowest BCUT2D eigenvalue weighted by atomic mass is 9.66. The molecule has 2 fully saturated rings. The molecule has 3 heterocycles. The molecule has 0 saturated carbocycles. The summed E-state index contributed by atoms with van der Waals surface area (Å²) in [6.45, 7) is 5.78. The maximum absolute atomic E-state index is 13.9. The molecular formula is C40H48O17. The molecule has 4 aliphatic rings. The van der Waals surface area contributed by atoms with Gasteiger partial charge < -0.3 is 56.8 Å². The second-order valence-corrected chi connectivity index (χ2v) is 13.7. The molecule has 6 rings (SSSR count). The van der Waals surface area contributed by atoms with Crippen molar-refractivity contribution in [2.24, 2.45) is 11.8 Å². The topological polar surface area (TPSA) is 196 Å². The van der Waals surface area contributed by atoms with Gasteiger partial charge in [0.15, 0.2) is 47.6 Å². The normalized spacial score (nSPS) is 26.9. The Kier molecular flexibility index (Phi) is 13.0. The lowest BCUT2D eigenvalue weighted by Gasteiger charge is -2.47. The van der Waals surface area contributed by atoms with Crippen molar-refractivity contribution < 1.29 is 80.8 Å². The lowest BCUT2D eigenvalue weighted by Crippen LogP contribution is -2.63. The first kappa shape index (κ1) is 41.3. The van der Waals surface area contributed by atoms with Gasteiger partial charge in [0.05, 0.1) is 40.0 Å². The number of carbonyl (C=O) groups is 5. The first-order valence-corrected chi connectivity index (χ1v) is 18.9. The van der Waals surface area contributed by atoms with Crippen LogP contribution in [0.1, 0.15) is 82.1 Å². The molecule has 310 valence electrons. The fourth-order valence-electron chi connectivity index (χ4n) is 7.62. The molecule has 9 unspecified atom stereocenters. The average Bonchev–Trinajstić information content (AvgIpc) is 3.85. The van der Waals surface area contributed by atoms with E-state index in [2.05, 4.69) is 0 Å². The van der Waals surface area contributed by atoms with Crippen LogP contribution in [0.3, 0.4) is 0 Å². The Morgan fingerprint density at radius 1 is 0.684 bits per heavy atom. The van der Waals surface area contributed by atoms with E-state index in [1.165, 1.54) is 21.3 Å². The van der Waals surface area contributed by atoms with Gasteiger partial charge in [-0.2, -0.15) is 0 Å². The summed E-state index contributed by atoms with van der Waals surface area (Å²) in [5.41, 5.74) is 1.83. The van der Waals surface area contributed by atoms with Gasteiger partial charge in [0.2, 0.25) is 12.5 Å². The predicted molar refractivity (Wildman–Crippen MR) is 193 cm³/mol. The summed E-state index contributed by atoms with van der Waals surface area (Å²) in [4.78, 5) is 65.1. The van der Waals surface area contributed by atoms with Crippen LogP contribution in [0.4, 0.5) is 0 Å². The summed E-state index contributed by atoms with van der Waals surface area (Å²) in [5, 5.41) is 0. The van der Waals surface area contributed by atoms with Gasteiger partial charge in [-0.05, 0) is 41.0 Å². The standard InChI is InChI=1S/C40H48O17/c1-8-28(41)49-17-27-36(54-29(42)9-2)37(55-30(43)10-3)38(56-31(44)11-4)40(53-27)57-34-21-15-24-23(51-18-52-24)14-20(21)32(33-22(34)16-50-39(33)45)19-12-25(46-5)35(48-7)26(13-19)47-6/h12-15,22,27,32-34,36-38,40H,8-11,16-18H2,1-7H3. The van der Waals surface area contributed by atoms with Gasteiger partial charge in [-0.3, -0.25) is 24.0 Å². The fraction of sp³-hybridized carbons (Fsp3) is 0.575. The molecule has 0 N–H and O–H groups in total. The van der Waals surface area contributed by atoms with Crippen molar-refractivity contribution in [3.05, 3.63) is 41.0 Å². The Balaban J connectivity index is 1.50. The zero-order valence-electron chi connectivity index (χ0n) is 32.9. The van der Waals surface area contributed by atoms with E-state index in [0.29, 0.717) is 45.4 Å². The van der Waals surface area contributed by atoms with E-state index < -0.39 is 91.0 Å². The minimum absolute atomic E-state index is 0.0379. The number of hydrogen-bond acceptors (Lipinski definition) is 17. The number of hydrogen-bond donors (Lipinski definition) is 0. The molecule has 9 atom stereocenters. The van der Waals surface area contributed by atoms with Crippen LogP contribution in [0.2, 0.25) is 0 Å². The van der Waals surface area contributed by atoms with Crippen LogP contribution in [0.5, 0.6) is 28.7 Å². The monoisotopic (exact) mass is 800 g/mol. The van der Waals surface area contributed by atoms with Crippen LogP contribution in [0.15, 0.2) is 24.3 Å². The predicted octanol–water partition coefficient (Wildman–Crippen LogP) is 4.08. The van der Waals surface area contributed by atoms with E-state index >= 15 is 0 Å². The number of rotatable bonds is 15. The number of fused-ring (bicyclic) bond motifs is 3. The Hall–Kier alpha value is -5.29.